The molecule has 0 N–H and O–H groups in total. The van der Waals surface area contributed by atoms with Crippen molar-refractivity contribution in [2.24, 2.45) is 0 Å². The molecule has 0 fully saturated rings. The first-order valence-electron chi connectivity index (χ1n) is 14.9. The van der Waals surface area contributed by atoms with Crippen molar-refractivity contribution in [1.82, 2.24) is 9.55 Å². The maximum atomic E-state index is 7.14. The van der Waals surface area contributed by atoms with Crippen molar-refractivity contribution >= 4 is 8.32 Å². The largest absolute Gasteiger partial charge is 0.404 e. The Kier molecular flexibility index (Phi) is 9.76. The summed E-state index contributed by atoms with van der Waals surface area (Å²) in [5.41, 5.74) is 3.36. The van der Waals surface area contributed by atoms with Gasteiger partial charge in [0.1, 0.15) is 24.1 Å². The van der Waals surface area contributed by atoms with Gasteiger partial charge in [-0.25, -0.2) is 4.98 Å². The molecule has 0 unspecified atom stereocenters. The smallest absolute Gasteiger partial charge is 0.193 e. The van der Waals surface area contributed by atoms with Gasteiger partial charge in [-0.1, -0.05) is 112 Å². The maximum Gasteiger partial charge on any atom is 0.193 e. The number of hydrogen-bond acceptors (Lipinski definition) is 5. The molecule has 1 aliphatic rings. The van der Waals surface area contributed by atoms with Gasteiger partial charge in [0.05, 0.1) is 32.5 Å². The number of rotatable bonds is 12. The third kappa shape index (κ3) is 7.28. The van der Waals surface area contributed by atoms with Gasteiger partial charge in [0.25, 0.3) is 0 Å². The Bertz CT molecular complexity index is 1370. The Morgan fingerprint density at radius 3 is 1.74 bits per heavy atom. The van der Waals surface area contributed by atoms with E-state index in [1.54, 1.807) is 0 Å². The highest BCUT2D eigenvalue weighted by atomic mass is 28.4. The monoisotopic (exact) mass is 584 g/mol. The summed E-state index contributed by atoms with van der Waals surface area (Å²) in [6.07, 6.45) is 2.79. The van der Waals surface area contributed by atoms with Gasteiger partial charge in [0, 0.05) is 12.4 Å². The molecule has 1 aliphatic heterocycles. The third-order valence-electron chi connectivity index (χ3n) is 8.51. The van der Waals surface area contributed by atoms with Gasteiger partial charge >= 0.3 is 0 Å². The van der Waals surface area contributed by atoms with E-state index < -0.39 is 8.32 Å². The Labute approximate surface area is 251 Å². The van der Waals surface area contributed by atoms with Gasteiger partial charge in [0.2, 0.25) is 0 Å². The fourth-order valence-electron chi connectivity index (χ4n) is 5.10. The highest BCUT2D eigenvalue weighted by Crippen LogP contribution is 2.45. The molecule has 5 rings (SSSR count). The summed E-state index contributed by atoms with van der Waals surface area (Å²) >= 11 is 0. The van der Waals surface area contributed by atoms with Crippen LogP contribution < -0.4 is 0 Å². The van der Waals surface area contributed by atoms with Crippen molar-refractivity contribution in [3.05, 3.63) is 126 Å². The minimum atomic E-state index is -2.21. The molecule has 42 heavy (non-hydrogen) atoms. The van der Waals surface area contributed by atoms with E-state index in [9.17, 15) is 0 Å². The number of ether oxygens (including phenoxy) is 3. The number of nitrogens with zero attached hydrogens (tertiary/aromatic N) is 2. The van der Waals surface area contributed by atoms with Crippen LogP contribution in [0.3, 0.4) is 0 Å². The number of aromatic nitrogens is 2. The van der Waals surface area contributed by atoms with Crippen molar-refractivity contribution in [3.63, 3.8) is 0 Å². The number of hydrogen-bond donors (Lipinski definition) is 0. The van der Waals surface area contributed by atoms with Gasteiger partial charge in [0.15, 0.2) is 8.32 Å². The average molecular weight is 585 g/mol. The van der Waals surface area contributed by atoms with E-state index in [4.69, 9.17) is 23.6 Å². The Hall–Kier alpha value is -3.07. The van der Waals surface area contributed by atoms with Crippen LogP contribution in [0.4, 0.5) is 0 Å². The van der Waals surface area contributed by atoms with Crippen molar-refractivity contribution in [2.45, 2.75) is 83.1 Å². The summed E-state index contributed by atoms with van der Waals surface area (Å²) in [6.45, 7) is 13.2. The van der Waals surface area contributed by atoms with Crippen LogP contribution in [0.25, 0.3) is 0 Å². The Morgan fingerprint density at radius 1 is 0.714 bits per heavy atom. The van der Waals surface area contributed by atoms with Crippen LogP contribution in [0.2, 0.25) is 18.1 Å². The Morgan fingerprint density at radius 2 is 1.21 bits per heavy atom. The SMILES string of the molecule is CC(C)(C)[Si](C)(C)O[C@@H]1c2nccn2[C@H](COCc2ccccc2)[C@@H](OCc2ccccc2)[C@@H]1OCc1ccccc1. The van der Waals surface area contributed by atoms with Crippen LogP contribution in [0.1, 0.15) is 55.4 Å². The van der Waals surface area contributed by atoms with Crippen molar-refractivity contribution in [3.8, 4) is 0 Å². The second-order valence-corrected chi connectivity index (χ2v) is 17.3. The lowest BCUT2D eigenvalue weighted by Crippen LogP contribution is -2.53. The molecule has 222 valence electrons. The van der Waals surface area contributed by atoms with Gasteiger partial charge in [-0.15, -0.1) is 0 Å². The highest BCUT2D eigenvalue weighted by Gasteiger charge is 2.50. The number of fused-ring (bicyclic) bond motifs is 1. The van der Waals surface area contributed by atoms with Gasteiger partial charge in [-0.05, 0) is 34.8 Å². The molecule has 0 spiro atoms. The highest BCUT2D eigenvalue weighted by molar-refractivity contribution is 6.74. The van der Waals surface area contributed by atoms with Crippen molar-refractivity contribution in [2.75, 3.05) is 6.61 Å². The summed E-state index contributed by atoms with van der Waals surface area (Å²) in [5.74, 6) is 0.866. The van der Waals surface area contributed by atoms with E-state index >= 15 is 0 Å². The molecule has 4 atom stereocenters. The molecule has 1 aromatic heterocycles. The second-order valence-electron chi connectivity index (χ2n) is 12.6. The molecule has 0 aliphatic carbocycles. The number of benzene rings is 3. The van der Waals surface area contributed by atoms with E-state index in [0.717, 1.165) is 22.5 Å². The van der Waals surface area contributed by atoms with Crippen LogP contribution in [0.15, 0.2) is 103 Å². The summed E-state index contributed by atoms with van der Waals surface area (Å²) < 4.78 is 29.3. The minimum absolute atomic E-state index is 0.0183. The lowest BCUT2D eigenvalue weighted by molar-refractivity contribution is -0.169. The molecule has 0 radical (unpaired) electrons. The van der Waals surface area contributed by atoms with Gasteiger partial charge in [-0.2, -0.15) is 0 Å². The summed E-state index contributed by atoms with van der Waals surface area (Å²) in [6, 6.07) is 30.7. The van der Waals surface area contributed by atoms with E-state index in [1.165, 1.54) is 0 Å². The number of imidazole rings is 1. The van der Waals surface area contributed by atoms with Gasteiger partial charge < -0.3 is 23.2 Å². The van der Waals surface area contributed by atoms with Crippen molar-refractivity contribution in [1.29, 1.82) is 0 Å². The predicted molar refractivity (Wildman–Crippen MR) is 168 cm³/mol. The quantitative estimate of drug-likeness (QED) is 0.159. The average Bonchev–Trinajstić information content (AvgIpc) is 3.47. The Balaban J connectivity index is 1.50. The second kappa shape index (κ2) is 13.5. The van der Waals surface area contributed by atoms with Crippen LogP contribution in [-0.4, -0.2) is 36.7 Å². The first kappa shape index (κ1) is 30.4. The zero-order valence-electron chi connectivity index (χ0n) is 25.5. The third-order valence-corrected chi connectivity index (χ3v) is 13.0. The summed E-state index contributed by atoms with van der Waals surface area (Å²) in [4.78, 5) is 4.85. The zero-order valence-corrected chi connectivity index (χ0v) is 26.5. The van der Waals surface area contributed by atoms with E-state index in [0.29, 0.717) is 26.4 Å². The standard InChI is InChI=1S/C35H44N2O4Si/c1-35(2,3)42(4,5)41-33-32(40-25-29-19-13-8-14-20-29)31(39-24-28-17-11-7-12-18-28)30(37-22-21-36-34(33)37)26-38-23-27-15-9-6-10-16-27/h6-22,30-33H,23-26H2,1-5H3/t30-,31-,32+,33+/m1/s1. The van der Waals surface area contributed by atoms with E-state index in [-0.39, 0.29) is 29.4 Å². The molecular formula is C35H44N2O4Si. The van der Waals surface area contributed by atoms with Crippen molar-refractivity contribution < 1.29 is 18.6 Å². The molecule has 0 saturated carbocycles. The molecule has 0 bridgehead atoms. The lowest BCUT2D eigenvalue weighted by Gasteiger charge is -2.47. The maximum absolute atomic E-state index is 7.14. The molecule has 0 amide bonds. The predicted octanol–water partition coefficient (Wildman–Crippen LogP) is 7.89. The fraction of sp³-hybridized carbons (Fsp3) is 0.400. The normalized spacial score (nSPS) is 20.8. The minimum Gasteiger partial charge on any atom is -0.404 e. The molecule has 7 heteroatoms. The molecular weight excluding hydrogens is 540 g/mol. The topological polar surface area (TPSA) is 54.7 Å². The summed E-state index contributed by atoms with van der Waals surface area (Å²) in [7, 11) is -2.21. The molecule has 3 aromatic carbocycles. The molecule has 4 aromatic rings. The molecule has 2 heterocycles. The first-order valence-corrected chi connectivity index (χ1v) is 17.8. The van der Waals surface area contributed by atoms with E-state index in [1.807, 2.05) is 67.0 Å². The van der Waals surface area contributed by atoms with E-state index in [2.05, 4.69) is 74.8 Å². The first-order chi connectivity index (χ1) is 20.2. The van der Waals surface area contributed by atoms with Gasteiger partial charge in [-0.3, -0.25) is 0 Å². The fourth-order valence-corrected chi connectivity index (χ4v) is 6.33. The molecule has 0 saturated heterocycles. The van der Waals surface area contributed by atoms with Crippen LogP contribution in [0.5, 0.6) is 0 Å². The molecule has 6 nitrogen and oxygen atoms in total. The van der Waals surface area contributed by atoms with Crippen LogP contribution in [0, 0.1) is 0 Å². The summed E-state index contributed by atoms with van der Waals surface area (Å²) in [5, 5.41) is 0.0183. The zero-order chi connectivity index (χ0) is 29.6. The van der Waals surface area contributed by atoms with Crippen LogP contribution >= 0.6 is 0 Å². The van der Waals surface area contributed by atoms with Crippen LogP contribution in [-0.2, 0) is 38.5 Å². The lowest BCUT2D eigenvalue weighted by atomic mass is 9.95.